The van der Waals surface area contributed by atoms with Gasteiger partial charge in [0.2, 0.25) is 0 Å². The van der Waals surface area contributed by atoms with Crippen LogP contribution < -0.4 is 0 Å². The van der Waals surface area contributed by atoms with Gasteiger partial charge in [0.1, 0.15) is 0 Å². The van der Waals surface area contributed by atoms with Crippen molar-refractivity contribution in [2.75, 3.05) is 0 Å². The highest BCUT2D eigenvalue weighted by Crippen LogP contribution is 2.43. The minimum atomic E-state index is 0.234. The summed E-state index contributed by atoms with van der Waals surface area (Å²) in [7, 11) is 0. The maximum atomic E-state index is 12.6. The molecule has 0 aromatic heterocycles. The van der Waals surface area contributed by atoms with E-state index in [9.17, 15) is 4.79 Å². The first-order chi connectivity index (χ1) is 9.24. The molecule has 2 aliphatic carbocycles. The van der Waals surface area contributed by atoms with Crippen LogP contribution >= 0.6 is 11.6 Å². The molecule has 0 spiro atoms. The molecule has 1 aromatic carbocycles. The molecule has 0 bridgehead atoms. The van der Waals surface area contributed by atoms with Crippen LogP contribution in [-0.4, -0.2) is 5.78 Å². The van der Waals surface area contributed by atoms with Gasteiger partial charge in [-0.25, -0.2) is 0 Å². The second-order valence-corrected chi connectivity index (χ2v) is 6.63. The predicted octanol–water partition coefficient (Wildman–Crippen LogP) is 5.13. The van der Waals surface area contributed by atoms with E-state index in [0.29, 0.717) is 10.8 Å². The minimum Gasteiger partial charge on any atom is -0.294 e. The quantitative estimate of drug-likeness (QED) is 0.685. The summed E-state index contributed by atoms with van der Waals surface area (Å²) in [4.78, 5) is 12.6. The lowest BCUT2D eigenvalue weighted by Gasteiger charge is -2.38. The normalized spacial score (nSPS) is 30.7. The summed E-state index contributed by atoms with van der Waals surface area (Å²) in [6.45, 7) is 0. The molecule has 0 aliphatic heterocycles. The summed E-state index contributed by atoms with van der Waals surface area (Å²) < 4.78 is 0. The molecular formula is C17H21ClO. The highest BCUT2D eigenvalue weighted by molar-refractivity contribution is 6.31. The molecule has 2 saturated carbocycles. The van der Waals surface area contributed by atoms with Crippen LogP contribution in [-0.2, 0) is 0 Å². The third-order valence-corrected chi connectivity index (χ3v) is 5.25. The van der Waals surface area contributed by atoms with Crippen molar-refractivity contribution in [1.82, 2.24) is 0 Å². The van der Waals surface area contributed by atoms with Gasteiger partial charge in [0.25, 0.3) is 0 Å². The van der Waals surface area contributed by atoms with Crippen LogP contribution in [0.1, 0.15) is 55.3 Å². The maximum absolute atomic E-state index is 12.6. The Morgan fingerprint density at radius 2 is 1.84 bits per heavy atom. The van der Waals surface area contributed by atoms with Crippen molar-refractivity contribution in [3.8, 4) is 0 Å². The molecule has 2 heteroatoms. The van der Waals surface area contributed by atoms with Crippen molar-refractivity contribution < 1.29 is 4.79 Å². The number of benzene rings is 1. The van der Waals surface area contributed by atoms with E-state index in [1.807, 2.05) is 24.3 Å². The Morgan fingerprint density at radius 3 is 2.63 bits per heavy atom. The van der Waals surface area contributed by atoms with Crippen molar-refractivity contribution in [2.45, 2.75) is 44.9 Å². The number of hydrogen-bond donors (Lipinski definition) is 0. The lowest BCUT2D eigenvalue weighted by molar-refractivity contribution is 0.0763. The Balaban J connectivity index is 1.71. The predicted molar refractivity (Wildman–Crippen MR) is 78.6 cm³/mol. The smallest absolute Gasteiger partial charge is 0.166 e. The van der Waals surface area contributed by atoms with Gasteiger partial charge in [0.15, 0.2) is 5.78 Å². The summed E-state index contributed by atoms with van der Waals surface area (Å²) >= 11 is 5.99. The summed E-state index contributed by atoms with van der Waals surface area (Å²) in [6.07, 6.45) is 8.92. The van der Waals surface area contributed by atoms with Crippen LogP contribution in [0.25, 0.3) is 0 Å². The van der Waals surface area contributed by atoms with Crippen LogP contribution in [0.4, 0.5) is 0 Å². The molecule has 3 atom stereocenters. The molecule has 2 aliphatic rings. The van der Waals surface area contributed by atoms with Gasteiger partial charge in [-0.1, -0.05) is 49.4 Å². The molecule has 1 aromatic rings. The third kappa shape index (κ3) is 2.86. The lowest BCUT2D eigenvalue weighted by Crippen LogP contribution is -2.31. The Kier molecular flexibility index (Phi) is 3.93. The van der Waals surface area contributed by atoms with E-state index in [1.54, 1.807) is 0 Å². The molecule has 0 amide bonds. The summed E-state index contributed by atoms with van der Waals surface area (Å²) in [5.74, 6) is 2.25. The second-order valence-electron chi connectivity index (χ2n) is 6.19. The fourth-order valence-electron chi connectivity index (χ4n) is 3.99. The average molecular weight is 277 g/mol. The van der Waals surface area contributed by atoms with Crippen molar-refractivity contribution in [3.63, 3.8) is 0 Å². The zero-order valence-electron chi connectivity index (χ0n) is 11.3. The Morgan fingerprint density at radius 1 is 1.05 bits per heavy atom. The third-order valence-electron chi connectivity index (χ3n) is 5.02. The monoisotopic (exact) mass is 276 g/mol. The first kappa shape index (κ1) is 13.2. The first-order valence-corrected chi connectivity index (χ1v) is 7.91. The van der Waals surface area contributed by atoms with Crippen LogP contribution in [0.15, 0.2) is 24.3 Å². The summed E-state index contributed by atoms with van der Waals surface area (Å²) in [5.41, 5.74) is 0.798. The average Bonchev–Trinajstić information content (AvgIpc) is 2.46. The van der Waals surface area contributed by atoms with E-state index >= 15 is 0 Å². The molecule has 2 fully saturated rings. The topological polar surface area (TPSA) is 17.1 Å². The van der Waals surface area contributed by atoms with Crippen LogP contribution in [0.5, 0.6) is 0 Å². The molecule has 102 valence electrons. The Labute approximate surface area is 120 Å². The fourth-order valence-corrected chi connectivity index (χ4v) is 4.18. The Hall–Kier alpha value is -0.820. The maximum Gasteiger partial charge on any atom is 0.166 e. The van der Waals surface area contributed by atoms with E-state index in [0.717, 1.165) is 30.2 Å². The number of hydrogen-bond acceptors (Lipinski definition) is 1. The number of Topliss-reactive ketones (excluding diaryl/α,β-unsaturated/α-hetero) is 1. The van der Waals surface area contributed by atoms with Gasteiger partial charge < -0.3 is 0 Å². The van der Waals surface area contributed by atoms with Crippen LogP contribution in [0.2, 0.25) is 5.02 Å². The highest BCUT2D eigenvalue weighted by Gasteiger charge is 2.35. The van der Waals surface area contributed by atoms with E-state index < -0.39 is 0 Å². The largest absolute Gasteiger partial charge is 0.294 e. The SMILES string of the molecule is O=C(c1cccc(Cl)c1)C1CCC2CCCCC2C1. The zero-order chi connectivity index (χ0) is 13.2. The van der Waals surface area contributed by atoms with E-state index in [4.69, 9.17) is 11.6 Å². The van der Waals surface area contributed by atoms with E-state index in [1.165, 1.54) is 32.1 Å². The molecule has 0 radical (unpaired) electrons. The van der Waals surface area contributed by atoms with Gasteiger partial charge in [-0.2, -0.15) is 0 Å². The summed E-state index contributed by atoms with van der Waals surface area (Å²) in [6, 6.07) is 7.43. The Bertz CT molecular complexity index is 468. The number of fused-ring (bicyclic) bond motifs is 1. The molecule has 3 rings (SSSR count). The number of halogens is 1. The van der Waals surface area contributed by atoms with E-state index in [-0.39, 0.29) is 5.92 Å². The van der Waals surface area contributed by atoms with Crippen molar-refractivity contribution in [1.29, 1.82) is 0 Å². The molecule has 0 N–H and O–H groups in total. The van der Waals surface area contributed by atoms with Crippen LogP contribution in [0.3, 0.4) is 0 Å². The van der Waals surface area contributed by atoms with Gasteiger partial charge in [0.05, 0.1) is 0 Å². The number of ketones is 1. The van der Waals surface area contributed by atoms with Gasteiger partial charge in [-0.05, 0) is 43.2 Å². The molecule has 1 nitrogen and oxygen atoms in total. The van der Waals surface area contributed by atoms with Gasteiger partial charge in [-0.3, -0.25) is 4.79 Å². The second kappa shape index (κ2) is 5.66. The van der Waals surface area contributed by atoms with Gasteiger partial charge in [0, 0.05) is 16.5 Å². The van der Waals surface area contributed by atoms with Crippen molar-refractivity contribution in [3.05, 3.63) is 34.9 Å². The summed E-state index contributed by atoms with van der Waals surface area (Å²) in [5, 5.41) is 0.664. The minimum absolute atomic E-state index is 0.234. The fraction of sp³-hybridized carbons (Fsp3) is 0.588. The lowest BCUT2D eigenvalue weighted by atomic mass is 9.66. The molecule has 0 saturated heterocycles. The molecule has 19 heavy (non-hydrogen) atoms. The molecule has 3 unspecified atom stereocenters. The van der Waals surface area contributed by atoms with Gasteiger partial charge >= 0.3 is 0 Å². The van der Waals surface area contributed by atoms with Crippen LogP contribution in [0, 0.1) is 17.8 Å². The van der Waals surface area contributed by atoms with Gasteiger partial charge in [-0.15, -0.1) is 0 Å². The number of carbonyl (C=O) groups is 1. The highest BCUT2D eigenvalue weighted by atomic mass is 35.5. The standard InChI is InChI=1S/C17H21ClO/c18-16-7-3-6-14(11-16)17(19)15-9-8-12-4-1-2-5-13(12)10-15/h3,6-7,11-13,15H,1-2,4-5,8-10H2. The first-order valence-electron chi connectivity index (χ1n) is 7.54. The van der Waals surface area contributed by atoms with E-state index in [2.05, 4.69) is 0 Å². The van der Waals surface area contributed by atoms with Crippen molar-refractivity contribution >= 4 is 17.4 Å². The molecular weight excluding hydrogens is 256 g/mol. The molecule has 0 heterocycles. The zero-order valence-corrected chi connectivity index (χ0v) is 12.0. The number of carbonyl (C=O) groups excluding carboxylic acids is 1. The van der Waals surface area contributed by atoms with Crippen molar-refractivity contribution in [2.24, 2.45) is 17.8 Å². The number of rotatable bonds is 2.